The van der Waals surface area contributed by atoms with E-state index >= 15 is 0 Å². The highest BCUT2D eigenvalue weighted by Crippen LogP contribution is 2.45. The highest BCUT2D eigenvalue weighted by molar-refractivity contribution is 7.22. The number of aryl methyl sites for hydroxylation is 2. The SMILES string of the molecule is Cc1cc2nc(-c3ccnc(-c4ccc5c(c4)c(C4CC4)nn5C)c3)sc2c(-c2ccc(Cl)cc2)c1C(OC(C)(C)C)C(=O)O. The average Bonchev–Trinajstić information content (AvgIpc) is 3.67. The Labute approximate surface area is 270 Å². The van der Waals surface area contributed by atoms with Crippen LogP contribution in [0.2, 0.25) is 5.02 Å². The van der Waals surface area contributed by atoms with E-state index in [4.69, 9.17) is 31.4 Å². The van der Waals surface area contributed by atoms with Crippen molar-refractivity contribution in [1.82, 2.24) is 19.7 Å². The number of thiazole rings is 1. The van der Waals surface area contributed by atoms with E-state index in [1.807, 2.05) is 82.0 Å². The first kappa shape index (κ1) is 29.6. The molecule has 0 aliphatic heterocycles. The number of carbonyl (C=O) groups is 1. The maximum Gasteiger partial charge on any atom is 0.337 e. The number of nitrogens with zero attached hydrogens (tertiary/aromatic N) is 4. The summed E-state index contributed by atoms with van der Waals surface area (Å²) in [4.78, 5) is 22.5. The second-order valence-electron chi connectivity index (χ2n) is 12.7. The maximum atomic E-state index is 12.7. The number of fused-ring (bicyclic) bond motifs is 2. The minimum atomic E-state index is -1.17. The van der Waals surface area contributed by atoms with Crippen LogP contribution in [0.15, 0.2) is 66.9 Å². The van der Waals surface area contributed by atoms with Crippen molar-refractivity contribution in [3.05, 3.63) is 88.7 Å². The highest BCUT2D eigenvalue weighted by Gasteiger charge is 2.33. The third kappa shape index (κ3) is 5.63. The summed E-state index contributed by atoms with van der Waals surface area (Å²) in [6.45, 7) is 7.51. The highest BCUT2D eigenvalue weighted by atomic mass is 35.5. The molecule has 3 heterocycles. The predicted molar refractivity (Wildman–Crippen MR) is 181 cm³/mol. The van der Waals surface area contributed by atoms with Crippen LogP contribution in [0.4, 0.5) is 0 Å². The van der Waals surface area contributed by atoms with Crippen LogP contribution in [0.1, 0.15) is 62.5 Å². The second-order valence-corrected chi connectivity index (χ2v) is 14.2. The van der Waals surface area contributed by atoms with Crippen LogP contribution in [0.3, 0.4) is 0 Å². The van der Waals surface area contributed by atoms with Gasteiger partial charge in [-0.1, -0.05) is 29.8 Å². The first-order chi connectivity index (χ1) is 21.5. The molecule has 45 heavy (non-hydrogen) atoms. The normalized spacial score (nSPS) is 14.4. The molecule has 1 unspecified atom stereocenters. The van der Waals surface area contributed by atoms with Crippen LogP contribution in [-0.4, -0.2) is 36.4 Å². The Balaban J connectivity index is 1.37. The summed E-state index contributed by atoms with van der Waals surface area (Å²) in [6, 6.07) is 19.9. The van der Waals surface area contributed by atoms with E-state index in [0.29, 0.717) is 16.5 Å². The lowest BCUT2D eigenvalue weighted by molar-refractivity contribution is -0.160. The number of pyridine rings is 1. The van der Waals surface area contributed by atoms with Gasteiger partial charge in [0.25, 0.3) is 0 Å². The monoisotopic (exact) mass is 636 g/mol. The minimum absolute atomic E-state index is 0.545. The maximum absolute atomic E-state index is 12.7. The first-order valence-corrected chi connectivity index (χ1v) is 16.2. The van der Waals surface area contributed by atoms with E-state index < -0.39 is 17.7 Å². The number of ether oxygens (including phenoxy) is 1. The lowest BCUT2D eigenvalue weighted by Crippen LogP contribution is -2.28. The van der Waals surface area contributed by atoms with Gasteiger partial charge >= 0.3 is 5.97 Å². The summed E-state index contributed by atoms with van der Waals surface area (Å²) in [5.41, 5.74) is 8.32. The van der Waals surface area contributed by atoms with Gasteiger partial charge in [-0.3, -0.25) is 9.67 Å². The molecule has 0 amide bonds. The molecule has 7 rings (SSSR count). The van der Waals surface area contributed by atoms with Crippen LogP contribution in [0.5, 0.6) is 0 Å². The van der Waals surface area contributed by atoms with Crippen LogP contribution < -0.4 is 0 Å². The minimum Gasteiger partial charge on any atom is -0.479 e. The quantitative estimate of drug-likeness (QED) is 0.188. The molecule has 1 aliphatic carbocycles. The lowest BCUT2D eigenvalue weighted by Gasteiger charge is -2.28. The molecule has 0 spiro atoms. The largest absolute Gasteiger partial charge is 0.479 e. The fraction of sp³-hybridized carbons (Fsp3) is 0.278. The van der Waals surface area contributed by atoms with E-state index in [1.165, 1.54) is 35.3 Å². The summed E-state index contributed by atoms with van der Waals surface area (Å²) in [6.07, 6.45) is 3.04. The van der Waals surface area contributed by atoms with E-state index in [0.717, 1.165) is 54.3 Å². The Bertz CT molecular complexity index is 2110. The third-order valence-electron chi connectivity index (χ3n) is 8.16. The van der Waals surface area contributed by atoms with E-state index in [1.54, 1.807) is 0 Å². The van der Waals surface area contributed by atoms with Crippen molar-refractivity contribution >= 4 is 50.0 Å². The van der Waals surface area contributed by atoms with Gasteiger partial charge in [0, 0.05) is 51.8 Å². The Kier molecular flexibility index (Phi) is 7.27. The number of hydrogen-bond acceptors (Lipinski definition) is 6. The van der Waals surface area contributed by atoms with Gasteiger partial charge in [0.1, 0.15) is 5.01 Å². The molecule has 1 N–H and O–H groups in total. The number of halogens is 1. The van der Waals surface area contributed by atoms with Gasteiger partial charge in [0.15, 0.2) is 6.10 Å². The van der Waals surface area contributed by atoms with Gasteiger partial charge < -0.3 is 9.84 Å². The molecule has 0 radical (unpaired) electrons. The molecule has 7 nitrogen and oxygen atoms in total. The molecule has 1 atom stereocenters. The Morgan fingerprint density at radius 1 is 1.04 bits per heavy atom. The van der Waals surface area contributed by atoms with Gasteiger partial charge in [0.2, 0.25) is 0 Å². The fourth-order valence-electron chi connectivity index (χ4n) is 5.99. The van der Waals surface area contributed by atoms with Crippen LogP contribution in [-0.2, 0) is 16.6 Å². The summed E-state index contributed by atoms with van der Waals surface area (Å²) in [5, 5.41) is 17.8. The van der Waals surface area contributed by atoms with Gasteiger partial charge in [-0.05, 0) is 94.1 Å². The van der Waals surface area contributed by atoms with E-state index in [9.17, 15) is 9.90 Å². The number of carboxylic acids is 1. The number of aliphatic carboxylic acids is 1. The standard InChI is InChI=1S/C36H33ClN4O3S/c1-19-16-27-33(30(20-8-11-24(37)12-9-20)29(19)32(35(42)43)44-36(2,3)4)45-34(39-27)23-14-15-38-26(18-23)22-10-13-28-25(17-22)31(21-6-7-21)40-41(28)5/h8-18,21,32H,6-7H2,1-5H3,(H,42,43). The zero-order chi connectivity index (χ0) is 31.6. The molecule has 9 heteroatoms. The topological polar surface area (TPSA) is 90.1 Å². The summed E-state index contributed by atoms with van der Waals surface area (Å²) in [7, 11) is 2.00. The van der Waals surface area contributed by atoms with E-state index in [2.05, 4.69) is 24.3 Å². The molecular weight excluding hydrogens is 604 g/mol. The summed E-state index contributed by atoms with van der Waals surface area (Å²) < 4.78 is 9.02. The zero-order valence-corrected chi connectivity index (χ0v) is 27.3. The van der Waals surface area contributed by atoms with Crippen LogP contribution in [0.25, 0.3) is 54.1 Å². The fourth-order valence-corrected chi connectivity index (χ4v) is 7.24. The molecule has 1 fully saturated rings. The van der Waals surface area contributed by atoms with Gasteiger partial charge in [-0.15, -0.1) is 11.3 Å². The summed E-state index contributed by atoms with van der Waals surface area (Å²) in [5.74, 6) is -0.495. The predicted octanol–water partition coefficient (Wildman–Crippen LogP) is 9.36. The third-order valence-corrected chi connectivity index (χ3v) is 9.55. The molecule has 6 aromatic rings. The molecule has 3 aromatic carbocycles. The van der Waals surface area contributed by atoms with Crippen LogP contribution >= 0.6 is 22.9 Å². The molecule has 3 aromatic heterocycles. The molecule has 1 saturated carbocycles. The second kappa shape index (κ2) is 11.1. The molecule has 0 bridgehead atoms. The number of benzene rings is 3. The number of carboxylic acid groups (broad SMARTS) is 1. The number of aromatic nitrogens is 4. The molecule has 0 saturated heterocycles. The molecule has 1 aliphatic rings. The first-order valence-electron chi connectivity index (χ1n) is 15.0. The van der Waals surface area contributed by atoms with Gasteiger partial charge in [0.05, 0.1) is 32.7 Å². The van der Waals surface area contributed by atoms with Crippen molar-refractivity contribution in [2.75, 3.05) is 0 Å². The van der Waals surface area contributed by atoms with Crippen molar-refractivity contribution in [1.29, 1.82) is 0 Å². The van der Waals surface area contributed by atoms with E-state index in [-0.39, 0.29) is 0 Å². The Morgan fingerprint density at radius 2 is 1.78 bits per heavy atom. The lowest BCUT2D eigenvalue weighted by atomic mass is 9.91. The van der Waals surface area contributed by atoms with Gasteiger partial charge in [-0.25, -0.2) is 9.78 Å². The van der Waals surface area contributed by atoms with Crippen molar-refractivity contribution in [3.8, 4) is 33.0 Å². The average molecular weight is 637 g/mol. The summed E-state index contributed by atoms with van der Waals surface area (Å²) >= 11 is 7.80. The Hall–Kier alpha value is -4.11. The molecule has 228 valence electrons. The number of hydrogen-bond donors (Lipinski definition) is 1. The van der Waals surface area contributed by atoms with Crippen molar-refractivity contribution in [3.63, 3.8) is 0 Å². The number of rotatable bonds is 7. The van der Waals surface area contributed by atoms with Crippen LogP contribution in [0, 0.1) is 6.92 Å². The zero-order valence-electron chi connectivity index (χ0n) is 25.8. The van der Waals surface area contributed by atoms with Gasteiger partial charge in [-0.2, -0.15) is 5.10 Å². The van der Waals surface area contributed by atoms with Crippen molar-refractivity contribution in [2.24, 2.45) is 7.05 Å². The Morgan fingerprint density at radius 3 is 2.47 bits per heavy atom. The van der Waals surface area contributed by atoms with Crippen molar-refractivity contribution < 1.29 is 14.6 Å². The smallest absolute Gasteiger partial charge is 0.337 e. The van der Waals surface area contributed by atoms with Crippen molar-refractivity contribution in [2.45, 2.75) is 58.2 Å². The molecular formula is C36H33ClN4O3S.